The highest BCUT2D eigenvalue weighted by molar-refractivity contribution is 7.98. The Kier molecular flexibility index (Phi) is 4.20. The third kappa shape index (κ3) is 2.58. The fraction of sp³-hybridized carbons (Fsp3) is 0.214. The number of nitriles is 1. The van der Waals surface area contributed by atoms with Crippen LogP contribution < -0.4 is 5.56 Å². The van der Waals surface area contributed by atoms with E-state index < -0.39 is 11.4 Å². The highest BCUT2D eigenvalue weighted by atomic mass is 32.2. The number of hydrogen-bond donors (Lipinski definition) is 1. The van der Waals surface area contributed by atoms with Crippen molar-refractivity contribution in [2.24, 2.45) is 0 Å². The van der Waals surface area contributed by atoms with E-state index in [9.17, 15) is 9.18 Å². The van der Waals surface area contributed by atoms with Crippen LogP contribution in [0.3, 0.4) is 0 Å². The topological polar surface area (TPSA) is 69.5 Å². The van der Waals surface area contributed by atoms with E-state index >= 15 is 0 Å². The van der Waals surface area contributed by atoms with Gasteiger partial charge in [-0.2, -0.15) is 5.26 Å². The van der Waals surface area contributed by atoms with Crippen LogP contribution in [0, 0.1) is 17.1 Å². The van der Waals surface area contributed by atoms with Gasteiger partial charge in [-0.15, -0.1) is 0 Å². The van der Waals surface area contributed by atoms with Crippen molar-refractivity contribution in [3.05, 3.63) is 45.5 Å². The van der Waals surface area contributed by atoms with Gasteiger partial charge in [0.05, 0.1) is 5.69 Å². The molecule has 4 nitrogen and oxygen atoms in total. The summed E-state index contributed by atoms with van der Waals surface area (Å²) in [6, 6.07) is 6.51. The van der Waals surface area contributed by atoms with Crippen LogP contribution in [0.4, 0.5) is 4.39 Å². The molecule has 0 atom stereocenters. The molecule has 0 bridgehead atoms. The summed E-state index contributed by atoms with van der Waals surface area (Å²) in [5.41, 5.74) is 0.368. The van der Waals surface area contributed by atoms with Crippen LogP contribution in [0.15, 0.2) is 28.2 Å². The minimum Gasteiger partial charge on any atom is -0.300 e. The molecule has 1 aromatic carbocycles. The molecule has 102 valence electrons. The number of nitrogens with one attached hydrogen (secondary N) is 1. The highest BCUT2D eigenvalue weighted by Gasteiger charge is 2.16. The number of aryl methyl sites for hydroxylation is 1. The van der Waals surface area contributed by atoms with Gasteiger partial charge >= 0.3 is 0 Å². The quantitative estimate of drug-likeness (QED) is 0.696. The Balaban J connectivity index is 2.72. The molecule has 0 aliphatic carbocycles. The second kappa shape index (κ2) is 5.88. The zero-order chi connectivity index (χ0) is 14.7. The van der Waals surface area contributed by atoms with Gasteiger partial charge in [0.15, 0.2) is 5.16 Å². The summed E-state index contributed by atoms with van der Waals surface area (Å²) in [5.74, 6) is -0.481. The molecule has 0 aliphatic rings. The lowest BCUT2D eigenvalue weighted by Gasteiger charge is -2.07. The van der Waals surface area contributed by atoms with Crippen molar-refractivity contribution in [1.29, 1.82) is 5.26 Å². The van der Waals surface area contributed by atoms with Gasteiger partial charge in [-0.1, -0.05) is 24.8 Å². The first-order valence-electron chi connectivity index (χ1n) is 5.97. The number of aromatic amines is 1. The molecular weight excluding hydrogens is 277 g/mol. The summed E-state index contributed by atoms with van der Waals surface area (Å²) < 4.78 is 14.1. The summed E-state index contributed by atoms with van der Waals surface area (Å²) in [7, 11) is 0. The molecule has 6 heteroatoms. The minimum absolute atomic E-state index is 0.0840. The van der Waals surface area contributed by atoms with Crippen LogP contribution in [0.1, 0.15) is 18.1 Å². The smallest absolute Gasteiger partial charge is 0.270 e. The number of aromatic nitrogens is 2. The van der Waals surface area contributed by atoms with Crippen LogP contribution in [0.25, 0.3) is 11.3 Å². The van der Waals surface area contributed by atoms with E-state index in [1.807, 2.05) is 6.92 Å². The predicted octanol–water partition coefficient (Wildman–Crippen LogP) is 2.73. The first kappa shape index (κ1) is 14.3. The number of halogens is 1. The molecule has 2 rings (SSSR count). The number of H-pyrrole nitrogens is 1. The Labute approximate surface area is 119 Å². The molecule has 0 spiro atoms. The predicted molar refractivity (Wildman–Crippen MR) is 76.1 cm³/mol. The second-order valence-corrected chi connectivity index (χ2v) is 4.87. The van der Waals surface area contributed by atoms with Crippen LogP contribution >= 0.6 is 11.8 Å². The zero-order valence-corrected chi connectivity index (χ0v) is 11.8. The number of nitrogens with zero attached hydrogens (tertiary/aromatic N) is 2. The van der Waals surface area contributed by atoms with E-state index in [0.717, 1.165) is 5.56 Å². The average Bonchev–Trinajstić information content (AvgIpc) is 2.46. The Morgan fingerprint density at radius 3 is 2.80 bits per heavy atom. The lowest BCUT2D eigenvalue weighted by Crippen LogP contribution is -2.15. The largest absolute Gasteiger partial charge is 0.300 e. The van der Waals surface area contributed by atoms with Gasteiger partial charge in [-0.05, 0) is 30.4 Å². The zero-order valence-electron chi connectivity index (χ0n) is 11.0. The van der Waals surface area contributed by atoms with E-state index in [2.05, 4.69) is 9.97 Å². The minimum atomic E-state index is -0.555. The van der Waals surface area contributed by atoms with E-state index in [1.165, 1.54) is 17.8 Å². The van der Waals surface area contributed by atoms with Crippen LogP contribution in [-0.4, -0.2) is 16.2 Å². The maximum Gasteiger partial charge on any atom is 0.270 e. The molecule has 0 saturated heterocycles. The lowest BCUT2D eigenvalue weighted by molar-refractivity contribution is 0.628. The molecule has 0 radical (unpaired) electrons. The molecule has 1 heterocycles. The molecule has 0 amide bonds. The average molecular weight is 289 g/mol. The molecule has 1 aromatic heterocycles. The van der Waals surface area contributed by atoms with E-state index in [0.29, 0.717) is 11.6 Å². The van der Waals surface area contributed by atoms with Crippen molar-refractivity contribution in [3.8, 4) is 17.3 Å². The Hall–Kier alpha value is -2.13. The van der Waals surface area contributed by atoms with Crippen molar-refractivity contribution in [3.63, 3.8) is 0 Å². The van der Waals surface area contributed by atoms with Crippen molar-refractivity contribution in [1.82, 2.24) is 9.97 Å². The number of rotatable bonds is 3. The Bertz CT molecular complexity index is 749. The number of thioether (sulfide) groups is 1. The van der Waals surface area contributed by atoms with Gasteiger partial charge in [-0.25, -0.2) is 9.37 Å². The summed E-state index contributed by atoms with van der Waals surface area (Å²) in [5, 5.41) is 9.43. The molecule has 1 N–H and O–H groups in total. The third-order valence-electron chi connectivity index (χ3n) is 2.90. The van der Waals surface area contributed by atoms with E-state index in [1.54, 1.807) is 24.5 Å². The second-order valence-electron chi connectivity index (χ2n) is 4.08. The molecule has 0 aliphatic heterocycles. The summed E-state index contributed by atoms with van der Waals surface area (Å²) >= 11 is 1.23. The van der Waals surface area contributed by atoms with Crippen LogP contribution in [0.5, 0.6) is 0 Å². The van der Waals surface area contributed by atoms with Gasteiger partial charge in [0.2, 0.25) is 0 Å². The Morgan fingerprint density at radius 2 is 2.25 bits per heavy atom. The van der Waals surface area contributed by atoms with Crippen molar-refractivity contribution >= 4 is 11.8 Å². The standard InChI is InChI=1S/C14H12FN3OS/c1-3-8-4-5-9(11(15)6-8)12-10(7-16)13(19)18-14(17-12)20-2/h4-6H,3H2,1-2H3,(H,17,18,19). The maximum atomic E-state index is 14.1. The monoisotopic (exact) mass is 289 g/mol. The van der Waals surface area contributed by atoms with Crippen LogP contribution in [-0.2, 0) is 6.42 Å². The summed E-state index contributed by atoms with van der Waals surface area (Å²) in [6.07, 6.45) is 2.45. The van der Waals surface area contributed by atoms with Crippen molar-refractivity contribution in [2.45, 2.75) is 18.5 Å². The van der Waals surface area contributed by atoms with Crippen LogP contribution in [0.2, 0.25) is 0 Å². The van der Waals surface area contributed by atoms with E-state index in [4.69, 9.17) is 5.26 Å². The lowest BCUT2D eigenvalue weighted by atomic mass is 10.0. The number of benzene rings is 1. The van der Waals surface area contributed by atoms with Gasteiger partial charge < -0.3 is 4.98 Å². The molecule has 0 unspecified atom stereocenters. The SMILES string of the molecule is CCc1ccc(-c2nc(SC)[nH]c(=O)c2C#N)c(F)c1. The Morgan fingerprint density at radius 1 is 1.50 bits per heavy atom. The van der Waals surface area contributed by atoms with Gasteiger partial charge in [0.25, 0.3) is 5.56 Å². The molecule has 0 saturated carbocycles. The van der Waals surface area contributed by atoms with Gasteiger partial charge in [0, 0.05) is 5.56 Å². The maximum absolute atomic E-state index is 14.1. The summed E-state index contributed by atoms with van der Waals surface area (Å²) in [4.78, 5) is 18.4. The van der Waals surface area contributed by atoms with Crippen molar-refractivity contribution in [2.75, 3.05) is 6.26 Å². The van der Waals surface area contributed by atoms with Crippen molar-refractivity contribution < 1.29 is 4.39 Å². The van der Waals surface area contributed by atoms with Gasteiger partial charge in [-0.3, -0.25) is 4.79 Å². The van der Waals surface area contributed by atoms with Gasteiger partial charge in [0.1, 0.15) is 17.4 Å². The van der Waals surface area contributed by atoms with E-state index in [-0.39, 0.29) is 16.8 Å². The molecule has 20 heavy (non-hydrogen) atoms. The highest BCUT2D eigenvalue weighted by Crippen LogP contribution is 2.25. The normalized spacial score (nSPS) is 10.3. The molecule has 0 fully saturated rings. The fourth-order valence-electron chi connectivity index (χ4n) is 1.82. The molecular formula is C14H12FN3OS. The first-order valence-corrected chi connectivity index (χ1v) is 7.20. The fourth-order valence-corrected chi connectivity index (χ4v) is 2.20. The molecule has 2 aromatic rings. The summed E-state index contributed by atoms with van der Waals surface area (Å²) in [6.45, 7) is 1.92. The third-order valence-corrected chi connectivity index (χ3v) is 3.48. The number of hydrogen-bond acceptors (Lipinski definition) is 4. The first-order chi connectivity index (χ1) is 9.60.